The van der Waals surface area contributed by atoms with Gasteiger partial charge in [0.2, 0.25) is 17.8 Å². The lowest BCUT2D eigenvalue weighted by Crippen LogP contribution is -2.30. The third-order valence-corrected chi connectivity index (χ3v) is 9.20. The molecule has 2 heterocycles. The number of aromatic nitrogens is 2. The molecular weight excluding hydrogens is 771 g/mol. The van der Waals surface area contributed by atoms with E-state index in [9.17, 15) is 24.0 Å². The van der Waals surface area contributed by atoms with E-state index < -0.39 is 11.8 Å². The highest BCUT2D eigenvalue weighted by molar-refractivity contribution is 7.97. The number of ether oxygens (including phenoxy) is 1. The highest BCUT2D eigenvalue weighted by Gasteiger charge is 2.29. The van der Waals surface area contributed by atoms with Crippen molar-refractivity contribution >= 4 is 70.7 Å². The van der Waals surface area contributed by atoms with Gasteiger partial charge < -0.3 is 36.1 Å². The fraction of sp³-hybridized carbons (Fsp3) is 0.372. The van der Waals surface area contributed by atoms with Gasteiger partial charge in [-0.15, -0.1) is 0 Å². The van der Waals surface area contributed by atoms with Gasteiger partial charge in [0.1, 0.15) is 17.9 Å². The van der Waals surface area contributed by atoms with Crippen molar-refractivity contribution in [1.82, 2.24) is 30.6 Å². The summed E-state index contributed by atoms with van der Waals surface area (Å²) in [6.07, 6.45) is 6.05. The zero-order valence-electron chi connectivity index (χ0n) is 34.9. The van der Waals surface area contributed by atoms with Crippen LogP contribution in [0.4, 0.5) is 28.8 Å². The maximum atomic E-state index is 12.4. The lowest BCUT2D eigenvalue weighted by Gasteiger charge is -2.19. The standard InChI is InChI=1S/C34H38N8O4S.C7H13NO2.C2H6/c1-21-19-36-33(40-30(21)37-23-8-5-9-25(18-23)47-42-34(2,3)4)38-22-12-14-24(15-13-22)46-17-7-16-35-20-28(43)39-27-11-6-10-26-29(27)32(45)41-31(26)44;1-8-7(10)5-3-2-4-6-9;1-2/h5-6,8-15,18-19,35,42H,7,16-17,20H2,1-4H3,(H,39,43)(H,41,44,45)(H2,36,37,38,40);6H,2-5H2,1H3,(H,8,10);1-2H3. The average molecular weight is 828 g/mol. The monoisotopic (exact) mass is 827 g/mol. The number of carbonyl (C=O) groups excluding carboxylic acids is 5. The van der Waals surface area contributed by atoms with Crippen LogP contribution >= 0.6 is 11.9 Å². The van der Waals surface area contributed by atoms with Crippen LogP contribution in [0.3, 0.4) is 0 Å². The number of hydrogen-bond acceptors (Lipinski definition) is 13. The lowest BCUT2D eigenvalue weighted by atomic mass is 10.1. The van der Waals surface area contributed by atoms with E-state index in [4.69, 9.17) is 4.74 Å². The molecule has 0 atom stereocenters. The molecular formula is C43H57N9O6S. The van der Waals surface area contributed by atoms with Crippen LogP contribution in [0.5, 0.6) is 5.75 Å². The summed E-state index contributed by atoms with van der Waals surface area (Å²) in [6, 6.07) is 20.4. The van der Waals surface area contributed by atoms with Gasteiger partial charge in [-0.25, -0.2) is 4.98 Å². The molecule has 4 amide bonds. The summed E-state index contributed by atoms with van der Waals surface area (Å²) in [6.45, 7) is 13.4. The maximum Gasteiger partial charge on any atom is 0.261 e. The summed E-state index contributed by atoms with van der Waals surface area (Å²) in [4.78, 5) is 66.8. The number of unbranched alkanes of at least 4 members (excludes halogenated alkanes) is 2. The number of nitrogens with one attached hydrogen (secondary N) is 7. The molecule has 0 spiro atoms. The Balaban J connectivity index is 0.000000679. The molecule has 16 heteroatoms. The molecule has 0 saturated carbocycles. The Hall–Kier alpha value is -5.84. The molecule has 0 aliphatic carbocycles. The Morgan fingerprint density at radius 2 is 1.64 bits per heavy atom. The zero-order valence-corrected chi connectivity index (χ0v) is 35.7. The first kappa shape index (κ1) is 47.5. The van der Waals surface area contributed by atoms with E-state index in [1.54, 1.807) is 43.4 Å². The zero-order chi connectivity index (χ0) is 43.2. The van der Waals surface area contributed by atoms with Crippen molar-refractivity contribution < 1.29 is 28.7 Å². The molecule has 4 aromatic rings. The Morgan fingerprint density at radius 3 is 2.36 bits per heavy atom. The molecule has 1 aliphatic heterocycles. The fourth-order valence-corrected chi connectivity index (χ4v) is 5.88. The van der Waals surface area contributed by atoms with Crippen molar-refractivity contribution in [2.45, 2.75) is 84.1 Å². The molecule has 7 N–H and O–H groups in total. The van der Waals surface area contributed by atoms with Crippen LogP contribution in [0.2, 0.25) is 0 Å². The summed E-state index contributed by atoms with van der Waals surface area (Å²) in [7, 11) is 1.61. The number of carbonyl (C=O) groups is 5. The largest absolute Gasteiger partial charge is 0.494 e. The summed E-state index contributed by atoms with van der Waals surface area (Å²) in [5, 5.41) is 17.2. The van der Waals surface area contributed by atoms with Crippen LogP contribution in [-0.4, -0.2) is 72.2 Å². The summed E-state index contributed by atoms with van der Waals surface area (Å²) < 4.78 is 9.27. The van der Waals surface area contributed by atoms with E-state index in [-0.39, 0.29) is 35.0 Å². The van der Waals surface area contributed by atoms with Crippen molar-refractivity contribution in [3.8, 4) is 5.75 Å². The van der Waals surface area contributed by atoms with Crippen LogP contribution in [0, 0.1) is 6.92 Å². The van der Waals surface area contributed by atoms with Crippen molar-refractivity contribution in [2.24, 2.45) is 0 Å². The molecule has 15 nitrogen and oxygen atoms in total. The predicted octanol–water partition coefficient (Wildman–Crippen LogP) is 7.07. The number of aryl methyl sites for hydroxylation is 1. The highest BCUT2D eigenvalue weighted by atomic mass is 32.2. The van der Waals surface area contributed by atoms with Gasteiger partial charge in [-0.1, -0.05) is 26.0 Å². The maximum absolute atomic E-state index is 12.4. The second kappa shape index (κ2) is 24.8. The van der Waals surface area contributed by atoms with Crippen LogP contribution in [-0.2, 0) is 14.4 Å². The smallest absolute Gasteiger partial charge is 0.261 e. The van der Waals surface area contributed by atoms with Crippen LogP contribution in [0.25, 0.3) is 0 Å². The molecule has 316 valence electrons. The molecule has 0 saturated heterocycles. The number of imide groups is 1. The first-order valence-electron chi connectivity index (χ1n) is 19.6. The first-order valence-corrected chi connectivity index (χ1v) is 20.4. The minimum atomic E-state index is -0.512. The van der Waals surface area contributed by atoms with Gasteiger partial charge in [-0.05, 0) is 120 Å². The van der Waals surface area contributed by atoms with Gasteiger partial charge in [0.25, 0.3) is 11.8 Å². The van der Waals surface area contributed by atoms with E-state index in [0.29, 0.717) is 55.6 Å². The molecule has 0 unspecified atom stereocenters. The van der Waals surface area contributed by atoms with Crippen molar-refractivity contribution in [2.75, 3.05) is 42.7 Å². The second-order valence-corrected chi connectivity index (χ2v) is 14.9. The van der Waals surface area contributed by atoms with Gasteiger partial charge >= 0.3 is 0 Å². The molecule has 0 bridgehead atoms. The second-order valence-electron chi connectivity index (χ2n) is 14.0. The summed E-state index contributed by atoms with van der Waals surface area (Å²) in [5.74, 6) is 0.654. The van der Waals surface area contributed by atoms with Crippen molar-refractivity contribution in [3.05, 3.63) is 89.6 Å². The Kier molecular flexibility index (Phi) is 20.0. The minimum absolute atomic E-state index is 0.0000536. The quantitative estimate of drug-likeness (QED) is 0.0219. The van der Waals surface area contributed by atoms with E-state index in [1.807, 2.05) is 57.2 Å². The molecule has 3 aromatic carbocycles. The molecule has 5 rings (SSSR count). The number of anilines is 5. The number of hydrogen-bond donors (Lipinski definition) is 7. The van der Waals surface area contributed by atoms with Gasteiger partial charge in [-0.2, -0.15) is 4.98 Å². The number of rotatable bonds is 19. The average Bonchev–Trinajstić information content (AvgIpc) is 3.52. The minimum Gasteiger partial charge on any atom is -0.494 e. The van der Waals surface area contributed by atoms with Crippen molar-refractivity contribution in [1.29, 1.82) is 0 Å². The third-order valence-electron chi connectivity index (χ3n) is 8.00. The number of amides is 4. The van der Waals surface area contributed by atoms with Gasteiger partial charge in [-0.3, -0.25) is 29.2 Å². The third kappa shape index (κ3) is 16.9. The van der Waals surface area contributed by atoms with Crippen LogP contribution < -0.4 is 41.4 Å². The van der Waals surface area contributed by atoms with E-state index in [0.717, 1.165) is 41.0 Å². The number of aldehydes is 1. The number of benzene rings is 3. The lowest BCUT2D eigenvalue weighted by molar-refractivity contribution is -0.121. The summed E-state index contributed by atoms with van der Waals surface area (Å²) >= 11 is 1.59. The van der Waals surface area contributed by atoms with Gasteiger partial charge in [0, 0.05) is 53.5 Å². The predicted molar refractivity (Wildman–Crippen MR) is 235 cm³/mol. The van der Waals surface area contributed by atoms with Crippen LogP contribution in [0.1, 0.15) is 93.0 Å². The van der Waals surface area contributed by atoms with Crippen molar-refractivity contribution in [3.63, 3.8) is 0 Å². The highest BCUT2D eigenvalue weighted by Crippen LogP contribution is 2.27. The van der Waals surface area contributed by atoms with Crippen LogP contribution in [0.15, 0.2) is 77.8 Å². The molecule has 0 radical (unpaired) electrons. The molecule has 1 aliphatic rings. The fourth-order valence-electron chi connectivity index (χ4n) is 5.12. The Morgan fingerprint density at radius 1 is 0.898 bits per heavy atom. The Labute approximate surface area is 351 Å². The number of fused-ring (bicyclic) bond motifs is 1. The Bertz CT molecular complexity index is 2000. The molecule has 1 aromatic heterocycles. The van der Waals surface area contributed by atoms with Gasteiger partial charge in [0.05, 0.1) is 30.0 Å². The SMILES string of the molecule is CC.CNC(=O)CCCCC=O.Cc1cnc(Nc2ccc(OCCCNCC(=O)Nc3cccc4c3C(=O)NC4=O)cc2)nc1Nc1cccc(SNC(C)(C)C)c1. The molecule has 59 heavy (non-hydrogen) atoms. The molecule has 0 fully saturated rings. The topological polar surface area (TPSA) is 205 Å². The first-order chi connectivity index (χ1) is 28.3. The summed E-state index contributed by atoms with van der Waals surface area (Å²) in [5.41, 5.74) is 3.43. The van der Waals surface area contributed by atoms with E-state index >= 15 is 0 Å². The number of nitrogens with zero attached hydrogens (tertiary/aromatic N) is 2. The normalized spacial score (nSPS) is 11.4. The van der Waals surface area contributed by atoms with Gasteiger partial charge in [0.15, 0.2) is 0 Å². The van der Waals surface area contributed by atoms with E-state index in [2.05, 4.69) is 79.5 Å². The van der Waals surface area contributed by atoms with E-state index in [1.165, 1.54) is 0 Å².